The molecule has 2 aliphatic heterocycles. The molecule has 7 nitrogen and oxygen atoms in total. The summed E-state index contributed by atoms with van der Waals surface area (Å²) >= 11 is 0. The number of carbonyl (C=O) groups is 1. The van der Waals surface area contributed by atoms with Gasteiger partial charge in [-0.25, -0.2) is 13.4 Å². The lowest BCUT2D eigenvalue weighted by Gasteiger charge is -2.25. The molecule has 0 spiro atoms. The van der Waals surface area contributed by atoms with Crippen LogP contribution in [0, 0.1) is 6.92 Å². The monoisotopic (exact) mass is 414 g/mol. The molecular weight excluding hydrogens is 388 g/mol. The lowest BCUT2D eigenvalue weighted by molar-refractivity contribution is -0.117. The summed E-state index contributed by atoms with van der Waals surface area (Å²) in [5, 5.41) is 3.15. The molecule has 3 heterocycles. The Bertz CT molecular complexity index is 968. The zero-order chi connectivity index (χ0) is 20.4. The fraction of sp³-hybridized carbons (Fsp3) is 0.429. The van der Waals surface area contributed by atoms with E-state index < -0.39 is 10.0 Å². The number of hydrogen-bond acceptors (Lipinski definition) is 5. The first-order valence-corrected chi connectivity index (χ1v) is 11.5. The molecule has 2 aliphatic rings. The van der Waals surface area contributed by atoms with Gasteiger partial charge in [0.15, 0.2) is 0 Å². The molecule has 0 aliphatic carbocycles. The number of carbonyl (C=O) groups excluding carboxylic acids is 1. The predicted octanol–water partition coefficient (Wildman–Crippen LogP) is 2.78. The van der Waals surface area contributed by atoms with Crippen molar-refractivity contribution >= 4 is 27.4 Å². The Morgan fingerprint density at radius 2 is 1.72 bits per heavy atom. The normalized spacial score (nSPS) is 20.8. The van der Waals surface area contributed by atoms with E-state index in [1.54, 1.807) is 17.0 Å². The summed E-state index contributed by atoms with van der Waals surface area (Å²) in [7, 11) is -3.50. The lowest BCUT2D eigenvalue weighted by atomic mass is 10.2. The van der Waals surface area contributed by atoms with E-state index in [0.29, 0.717) is 31.9 Å². The van der Waals surface area contributed by atoms with Crippen molar-refractivity contribution in [1.29, 1.82) is 0 Å². The summed E-state index contributed by atoms with van der Waals surface area (Å²) < 4.78 is 27.0. The van der Waals surface area contributed by atoms with Gasteiger partial charge < -0.3 is 10.2 Å². The summed E-state index contributed by atoms with van der Waals surface area (Å²) in [6.07, 6.45) is 4.91. The number of aryl methyl sites for hydroxylation is 1. The van der Waals surface area contributed by atoms with Crippen LogP contribution in [-0.4, -0.2) is 49.3 Å². The number of hydrogen-bond donors (Lipinski definition) is 1. The molecular formula is C21H26N4O3S. The Hall–Kier alpha value is -2.45. The maximum Gasteiger partial charge on any atom is 0.249 e. The van der Waals surface area contributed by atoms with E-state index in [4.69, 9.17) is 0 Å². The fourth-order valence-corrected chi connectivity index (χ4v) is 5.31. The van der Waals surface area contributed by atoms with Gasteiger partial charge in [-0.05, 0) is 50.5 Å². The van der Waals surface area contributed by atoms with Crippen LogP contribution in [0.2, 0.25) is 0 Å². The van der Waals surface area contributed by atoms with E-state index in [-0.39, 0.29) is 16.8 Å². The van der Waals surface area contributed by atoms with E-state index in [0.717, 1.165) is 30.5 Å². The van der Waals surface area contributed by atoms with E-state index in [9.17, 15) is 13.2 Å². The van der Waals surface area contributed by atoms with Gasteiger partial charge in [-0.2, -0.15) is 4.31 Å². The van der Waals surface area contributed by atoms with Crippen LogP contribution in [0.3, 0.4) is 0 Å². The number of nitrogens with zero attached hydrogens (tertiary/aromatic N) is 3. The van der Waals surface area contributed by atoms with Gasteiger partial charge >= 0.3 is 0 Å². The van der Waals surface area contributed by atoms with Crippen LogP contribution in [0.15, 0.2) is 47.5 Å². The average molecular weight is 415 g/mol. The highest BCUT2D eigenvalue weighted by Crippen LogP contribution is 2.25. The first-order valence-electron chi connectivity index (χ1n) is 10.1. The SMILES string of the molecule is Cc1ccc(N2CCC(Nc3ccc(S(=O)(=O)N4CCCCC4)cn3)C2=O)cc1. The van der Waals surface area contributed by atoms with Gasteiger partial charge in [-0.15, -0.1) is 0 Å². The summed E-state index contributed by atoms with van der Waals surface area (Å²) in [4.78, 5) is 19.0. The summed E-state index contributed by atoms with van der Waals surface area (Å²) in [5.74, 6) is 0.507. The number of sulfonamides is 1. The van der Waals surface area contributed by atoms with Crippen molar-refractivity contribution < 1.29 is 13.2 Å². The van der Waals surface area contributed by atoms with Crippen molar-refractivity contribution in [3.63, 3.8) is 0 Å². The highest BCUT2D eigenvalue weighted by molar-refractivity contribution is 7.89. The maximum atomic E-state index is 12.8. The number of amides is 1. The number of aromatic nitrogens is 1. The molecule has 2 saturated heterocycles. The van der Waals surface area contributed by atoms with Crippen molar-refractivity contribution in [1.82, 2.24) is 9.29 Å². The Morgan fingerprint density at radius 1 is 1.00 bits per heavy atom. The Morgan fingerprint density at radius 3 is 2.38 bits per heavy atom. The molecule has 29 heavy (non-hydrogen) atoms. The third-order valence-electron chi connectivity index (χ3n) is 5.56. The second-order valence-corrected chi connectivity index (χ2v) is 9.59. The van der Waals surface area contributed by atoms with Crippen molar-refractivity contribution in [2.45, 2.75) is 43.5 Å². The molecule has 1 aromatic carbocycles. The van der Waals surface area contributed by atoms with Gasteiger partial charge in [-0.1, -0.05) is 24.1 Å². The van der Waals surface area contributed by atoms with Crippen LogP contribution >= 0.6 is 0 Å². The quantitative estimate of drug-likeness (QED) is 0.814. The van der Waals surface area contributed by atoms with E-state index in [2.05, 4.69) is 10.3 Å². The zero-order valence-corrected chi connectivity index (χ0v) is 17.4. The second kappa shape index (κ2) is 8.12. The van der Waals surface area contributed by atoms with Crippen LogP contribution in [0.5, 0.6) is 0 Å². The number of benzene rings is 1. The topological polar surface area (TPSA) is 82.6 Å². The highest BCUT2D eigenvalue weighted by Gasteiger charge is 2.33. The van der Waals surface area contributed by atoms with E-state index >= 15 is 0 Å². The van der Waals surface area contributed by atoms with Crippen molar-refractivity contribution in [2.75, 3.05) is 29.9 Å². The smallest absolute Gasteiger partial charge is 0.249 e. The standard InChI is InChI=1S/C21H26N4O3S/c1-16-5-7-17(8-6-16)25-14-11-19(21(25)26)23-20-10-9-18(15-22-20)29(27,28)24-12-3-2-4-13-24/h5-10,15,19H,2-4,11-14H2,1H3,(H,22,23). The average Bonchev–Trinajstić information content (AvgIpc) is 3.10. The van der Waals surface area contributed by atoms with Gasteiger partial charge in [0, 0.05) is 31.5 Å². The first-order chi connectivity index (χ1) is 13.9. The van der Waals surface area contributed by atoms with Gasteiger partial charge in [0.05, 0.1) is 0 Å². The molecule has 0 radical (unpaired) electrons. The van der Waals surface area contributed by atoms with E-state index in [1.165, 1.54) is 10.5 Å². The van der Waals surface area contributed by atoms with Crippen LogP contribution in [-0.2, 0) is 14.8 Å². The van der Waals surface area contributed by atoms with Crippen molar-refractivity contribution in [3.05, 3.63) is 48.2 Å². The minimum atomic E-state index is -3.50. The molecule has 2 aromatic rings. The summed E-state index contributed by atoms with van der Waals surface area (Å²) in [6.45, 7) is 3.78. The van der Waals surface area contributed by atoms with Crippen molar-refractivity contribution in [2.24, 2.45) is 0 Å². The molecule has 1 aromatic heterocycles. The fourth-order valence-electron chi connectivity index (χ4n) is 3.85. The van der Waals surface area contributed by atoms with Crippen LogP contribution in [0.4, 0.5) is 11.5 Å². The molecule has 1 amide bonds. The number of piperidine rings is 1. The molecule has 0 saturated carbocycles. The Labute approximate surface area is 171 Å². The third kappa shape index (κ3) is 4.13. The molecule has 154 valence electrons. The summed E-state index contributed by atoms with van der Waals surface area (Å²) in [5.41, 5.74) is 2.04. The number of rotatable bonds is 5. The second-order valence-electron chi connectivity index (χ2n) is 7.65. The van der Waals surface area contributed by atoms with E-state index in [1.807, 2.05) is 31.2 Å². The van der Waals surface area contributed by atoms with Gasteiger partial charge in [0.25, 0.3) is 0 Å². The highest BCUT2D eigenvalue weighted by atomic mass is 32.2. The summed E-state index contributed by atoms with van der Waals surface area (Å²) in [6, 6.07) is 10.7. The maximum absolute atomic E-state index is 12.8. The largest absolute Gasteiger partial charge is 0.358 e. The lowest BCUT2D eigenvalue weighted by Crippen LogP contribution is -2.35. The van der Waals surface area contributed by atoms with Crippen molar-refractivity contribution in [3.8, 4) is 0 Å². The van der Waals surface area contributed by atoms with Gasteiger partial charge in [-0.3, -0.25) is 4.79 Å². The molecule has 1 unspecified atom stereocenters. The minimum Gasteiger partial charge on any atom is -0.358 e. The van der Waals surface area contributed by atoms with Gasteiger partial charge in [0.2, 0.25) is 15.9 Å². The third-order valence-corrected chi connectivity index (χ3v) is 7.44. The molecule has 1 N–H and O–H groups in total. The first kappa shape index (κ1) is 19.8. The minimum absolute atomic E-state index is 0.000618. The number of nitrogens with one attached hydrogen (secondary N) is 1. The number of pyridine rings is 1. The van der Waals surface area contributed by atoms with Crippen LogP contribution in [0.1, 0.15) is 31.2 Å². The predicted molar refractivity (Wildman–Crippen MR) is 112 cm³/mol. The zero-order valence-electron chi connectivity index (χ0n) is 16.5. The molecule has 1 atom stereocenters. The van der Waals surface area contributed by atoms with Crippen LogP contribution < -0.4 is 10.2 Å². The molecule has 4 rings (SSSR count). The molecule has 2 fully saturated rings. The van der Waals surface area contributed by atoms with Gasteiger partial charge in [0.1, 0.15) is 16.8 Å². The van der Waals surface area contributed by atoms with Crippen LogP contribution in [0.25, 0.3) is 0 Å². The Balaban J connectivity index is 1.42. The Kier molecular flexibility index (Phi) is 5.56. The molecule has 0 bridgehead atoms. The molecule has 8 heteroatoms. The number of anilines is 2.